The average Bonchev–Trinajstić information content (AvgIpc) is 2.17. The summed E-state index contributed by atoms with van der Waals surface area (Å²) in [6.07, 6.45) is 0. The third-order valence-corrected chi connectivity index (χ3v) is 1.74. The van der Waals surface area contributed by atoms with Gasteiger partial charge in [0.2, 0.25) is 0 Å². The number of carbonyl (C=O) groups excluding carboxylic acids is 1. The topological polar surface area (TPSA) is 35.5 Å². The van der Waals surface area contributed by atoms with Gasteiger partial charge in [0.1, 0.15) is 0 Å². The third-order valence-electron chi connectivity index (χ3n) is 1.74. The molecule has 0 aromatic heterocycles. The number of rotatable bonds is 4. The summed E-state index contributed by atoms with van der Waals surface area (Å²) in [7, 11) is 0. The van der Waals surface area contributed by atoms with Gasteiger partial charge in [-0.1, -0.05) is 6.07 Å². The molecule has 4 heteroatoms. The van der Waals surface area contributed by atoms with Gasteiger partial charge in [-0.3, -0.25) is 0 Å². The molecule has 3 nitrogen and oxygen atoms in total. The van der Waals surface area contributed by atoms with Gasteiger partial charge < -0.3 is 9.47 Å². The Morgan fingerprint density at radius 2 is 2.20 bits per heavy atom. The van der Waals surface area contributed by atoms with E-state index < -0.39 is 11.8 Å². The molecule has 0 heterocycles. The van der Waals surface area contributed by atoms with E-state index in [0.717, 1.165) is 5.56 Å². The van der Waals surface area contributed by atoms with Gasteiger partial charge in [-0.05, 0) is 31.5 Å². The van der Waals surface area contributed by atoms with E-state index in [1.807, 2.05) is 0 Å². The van der Waals surface area contributed by atoms with Crippen molar-refractivity contribution in [2.24, 2.45) is 0 Å². The molecule has 0 saturated carbocycles. The number of carbonyl (C=O) groups is 1. The molecule has 0 atom stereocenters. The van der Waals surface area contributed by atoms with Crippen LogP contribution in [0.4, 0.5) is 4.39 Å². The molecule has 0 radical (unpaired) electrons. The monoisotopic (exact) mass is 212 g/mol. The predicted molar refractivity (Wildman–Crippen MR) is 53.3 cm³/mol. The van der Waals surface area contributed by atoms with Crippen LogP contribution in [0.5, 0.6) is 5.75 Å². The van der Waals surface area contributed by atoms with Crippen LogP contribution in [0.3, 0.4) is 0 Å². The molecule has 0 spiro atoms. The zero-order valence-corrected chi connectivity index (χ0v) is 8.75. The lowest BCUT2D eigenvalue weighted by molar-refractivity contribution is -0.145. The lowest BCUT2D eigenvalue weighted by atomic mass is 10.2. The molecule has 0 unspecified atom stereocenters. The van der Waals surface area contributed by atoms with Crippen molar-refractivity contribution in [1.29, 1.82) is 0 Å². The SMILES string of the molecule is CCOC(=O)COc1ccc(C)cc1F. The van der Waals surface area contributed by atoms with Gasteiger partial charge in [-0.2, -0.15) is 0 Å². The first kappa shape index (κ1) is 11.5. The third kappa shape index (κ3) is 3.58. The van der Waals surface area contributed by atoms with Crippen molar-refractivity contribution >= 4 is 5.97 Å². The molecule has 0 aliphatic rings. The van der Waals surface area contributed by atoms with Crippen LogP contribution in [-0.2, 0) is 9.53 Å². The Morgan fingerprint density at radius 3 is 2.80 bits per heavy atom. The Hall–Kier alpha value is -1.58. The summed E-state index contributed by atoms with van der Waals surface area (Å²) in [4.78, 5) is 10.9. The van der Waals surface area contributed by atoms with Crippen LogP contribution in [0.1, 0.15) is 12.5 Å². The van der Waals surface area contributed by atoms with Crippen LogP contribution in [0, 0.1) is 12.7 Å². The Morgan fingerprint density at radius 1 is 1.47 bits per heavy atom. The maximum atomic E-state index is 13.2. The highest BCUT2D eigenvalue weighted by Crippen LogP contribution is 2.17. The highest BCUT2D eigenvalue weighted by atomic mass is 19.1. The number of benzene rings is 1. The molecule has 1 aromatic rings. The van der Waals surface area contributed by atoms with E-state index in [1.54, 1.807) is 19.9 Å². The molecule has 0 amide bonds. The number of esters is 1. The minimum Gasteiger partial charge on any atom is -0.479 e. The quantitative estimate of drug-likeness (QED) is 0.717. The van der Waals surface area contributed by atoms with Gasteiger partial charge in [-0.15, -0.1) is 0 Å². The van der Waals surface area contributed by atoms with E-state index in [1.165, 1.54) is 12.1 Å². The first-order valence-corrected chi connectivity index (χ1v) is 4.68. The van der Waals surface area contributed by atoms with Gasteiger partial charge >= 0.3 is 5.97 Å². The van der Waals surface area contributed by atoms with Gasteiger partial charge in [0.05, 0.1) is 6.61 Å². The van der Waals surface area contributed by atoms with Crippen molar-refractivity contribution < 1.29 is 18.7 Å². The maximum absolute atomic E-state index is 13.2. The van der Waals surface area contributed by atoms with Crippen LogP contribution in [0.15, 0.2) is 18.2 Å². The fourth-order valence-corrected chi connectivity index (χ4v) is 1.06. The highest BCUT2D eigenvalue weighted by Gasteiger charge is 2.06. The molecule has 82 valence electrons. The lowest BCUT2D eigenvalue weighted by Crippen LogP contribution is -2.15. The molecule has 15 heavy (non-hydrogen) atoms. The van der Waals surface area contributed by atoms with Gasteiger partial charge in [0.15, 0.2) is 18.2 Å². The zero-order valence-electron chi connectivity index (χ0n) is 8.75. The lowest BCUT2D eigenvalue weighted by Gasteiger charge is -2.06. The molecule has 1 aromatic carbocycles. The van der Waals surface area contributed by atoms with Crippen molar-refractivity contribution in [3.63, 3.8) is 0 Å². The zero-order chi connectivity index (χ0) is 11.3. The van der Waals surface area contributed by atoms with Crippen LogP contribution in [-0.4, -0.2) is 19.2 Å². The average molecular weight is 212 g/mol. The Labute approximate surface area is 87.8 Å². The van der Waals surface area contributed by atoms with E-state index in [-0.39, 0.29) is 12.4 Å². The molecule has 0 saturated heterocycles. The van der Waals surface area contributed by atoms with E-state index in [4.69, 9.17) is 4.74 Å². The first-order chi connectivity index (χ1) is 7.13. The van der Waals surface area contributed by atoms with Crippen molar-refractivity contribution in [2.45, 2.75) is 13.8 Å². The number of halogens is 1. The van der Waals surface area contributed by atoms with Crippen molar-refractivity contribution in [3.05, 3.63) is 29.6 Å². The summed E-state index contributed by atoms with van der Waals surface area (Å²) in [5, 5.41) is 0. The summed E-state index contributed by atoms with van der Waals surface area (Å²) in [6.45, 7) is 3.50. The maximum Gasteiger partial charge on any atom is 0.344 e. The first-order valence-electron chi connectivity index (χ1n) is 4.68. The minimum absolute atomic E-state index is 0.0636. The van der Waals surface area contributed by atoms with Crippen molar-refractivity contribution in [1.82, 2.24) is 0 Å². The van der Waals surface area contributed by atoms with Crippen molar-refractivity contribution in [3.8, 4) is 5.75 Å². The second-order valence-electron chi connectivity index (χ2n) is 3.03. The van der Waals surface area contributed by atoms with E-state index >= 15 is 0 Å². The summed E-state index contributed by atoms with van der Waals surface area (Å²) >= 11 is 0. The Balaban J connectivity index is 2.54. The summed E-state index contributed by atoms with van der Waals surface area (Å²) in [5.41, 5.74) is 0.802. The summed E-state index contributed by atoms with van der Waals surface area (Å²) in [5.74, 6) is -0.912. The molecule has 0 aliphatic carbocycles. The van der Waals surface area contributed by atoms with E-state index in [0.29, 0.717) is 6.61 Å². The molecule has 0 bridgehead atoms. The van der Waals surface area contributed by atoms with Gasteiger partial charge in [0.25, 0.3) is 0 Å². The van der Waals surface area contributed by atoms with E-state index in [9.17, 15) is 9.18 Å². The van der Waals surface area contributed by atoms with Crippen LogP contribution < -0.4 is 4.74 Å². The van der Waals surface area contributed by atoms with E-state index in [2.05, 4.69) is 4.74 Å². The number of hydrogen-bond acceptors (Lipinski definition) is 3. The number of ether oxygens (including phenoxy) is 2. The fourth-order valence-electron chi connectivity index (χ4n) is 1.06. The second kappa shape index (κ2) is 5.34. The predicted octanol–water partition coefficient (Wildman–Crippen LogP) is 2.08. The molecule has 0 fully saturated rings. The normalized spacial score (nSPS) is 9.80. The summed E-state index contributed by atoms with van der Waals surface area (Å²) in [6, 6.07) is 4.55. The molecular weight excluding hydrogens is 199 g/mol. The largest absolute Gasteiger partial charge is 0.479 e. The Bertz CT molecular complexity index is 350. The smallest absolute Gasteiger partial charge is 0.344 e. The summed E-state index contributed by atoms with van der Waals surface area (Å²) < 4.78 is 22.8. The fraction of sp³-hybridized carbons (Fsp3) is 0.364. The molecule has 1 rings (SSSR count). The number of aryl methyl sites for hydroxylation is 1. The Kier molecular flexibility index (Phi) is 4.09. The van der Waals surface area contributed by atoms with Gasteiger partial charge in [-0.25, -0.2) is 9.18 Å². The van der Waals surface area contributed by atoms with Crippen LogP contribution >= 0.6 is 0 Å². The molecule has 0 N–H and O–H groups in total. The molecular formula is C11H13FO3. The van der Waals surface area contributed by atoms with Crippen LogP contribution in [0.2, 0.25) is 0 Å². The highest BCUT2D eigenvalue weighted by molar-refractivity contribution is 5.71. The standard InChI is InChI=1S/C11H13FO3/c1-3-14-11(13)7-15-10-5-4-8(2)6-9(10)12/h4-6H,3,7H2,1-2H3. The van der Waals surface area contributed by atoms with Crippen LogP contribution in [0.25, 0.3) is 0 Å². The minimum atomic E-state index is -0.502. The van der Waals surface area contributed by atoms with Gasteiger partial charge in [0, 0.05) is 0 Å². The number of hydrogen-bond donors (Lipinski definition) is 0. The molecule has 0 aliphatic heterocycles. The second-order valence-corrected chi connectivity index (χ2v) is 3.03. The van der Waals surface area contributed by atoms with Crippen molar-refractivity contribution in [2.75, 3.05) is 13.2 Å².